The van der Waals surface area contributed by atoms with E-state index >= 15 is 0 Å². The highest BCUT2D eigenvalue weighted by Gasteiger charge is 2.34. The van der Waals surface area contributed by atoms with Crippen molar-refractivity contribution in [1.82, 2.24) is 14.9 Å². The number of ether oxygens (including phenoxy) is 1. The Hall–Kier alpha value is -1.21. The van der Waals surface area contributed by atoms with Crippen molar-refractivity contribution in [3.05, 3.63) is 23.3 Å². The average molecular weight is 303 g/mol. The molecule has 0 spiro atoms. The Morgan fingerprint density at radius 2 is 2.00 bits per heavy atom. The van der Waals surface area contributed by atoms with Gasteiger partial charge < -0.3 is 4.74 Å². The zero-order valence-electron chi connectivity index (χ0n) is 12.3. The lowest BCUT2D eigenvalue weighted by Gasteiger charge is -2.31. The van der Waals surface area contributed by atoms with Gasteiger partial charge in [-0.3, -0.25) is 4.90 Å². The summed E-state index contributed by atoms with van der Waals surface area (Å²) in [5.74, 6) is -0.487. The molecule has 2 heterocycles. The molecular weight excluding hydrogens is 283 g/mol. The van der Waals surface area contributed by atoms with Crippen LogP contribution in [0.25, 0.3) is 0 Å². The number of piperidine rings is 1. The van der Waals surface area contributed by atoms with Gasteiger partial charge in [0.2, 0.25) is 5.82 Å². The van der Waals surface area contributed by atoms with Gasteiger partial charge in [0.05, 0.1) is 0 Å². The first-order valence-electron chi connectivity index (χ1n) is 7.01. The van der Waals surface area contributed by atoms with Gasteiger partial charge in [-0.15, -0.1) is 0 Å². The number of halogens is 3. The lowest BCUT2D eigenvalue weighted by Crippen LogP contribution is -2.34. The minimum Gasteiger partial charge on any atom is -0.384 e. The van der Waals surface area contributed by atoms with E-state index in [9.17, 15) is 13.2 Å². The average Bonchev–Trinajstić information content (AvgIpc) is 2.42. The highest BCUT2D eigenvalue weighted by Crippen LogP contribution is 2.26. The molecule has 1 aromatic rings. The number of hydrogen-bond donors (Lipinski definition) is 0. The zero-order valence-corrected chi connectivity index (χ0v) is 12.3. The summed E-state index contributed by atoms with van der Waals surface area (Å²) >= 11 is 0. The van der Waals surface area contributed by atoms with Crippen LogP contribution in [-0.4, -0.2) is 41.7 Å². The van der Waals surface area contributed by atoms with E-state index in [1.165, 1.54) is 6.20 Å². The van der Waals surface area contributed by atoms with Crippen molar-refractivity contribution in [2.45, 2.75) is 32.5 Å². The highest BCUT2D eigenvalue weighted by atomic mass is 19.4. The summed E-state index contributed by atoms with van der Waals surface area (Å²) < 4.78 is 42.7. The van der Waals surface area contributed by atoms with Crippen LogP contribution in [0.4, 0.5) is 13.2 Å². The predicted molar refractivity (Wildman–Crippen MR) is 71.6 cm³/mol. The SMILES string of the molecule is COCC1CCN(Cc2cnc(C(F)(F)F)nc2C)CC1. The van der Waals surface area contributed by atoms with Gasteiger partial charge in [-0.2, -0.15) is 13.2 Å². The van der Waals surface area contributed by atoms with E-state index < -0.39 is 12.0 Å². The fourth-order valence-corrected chi connectivity index (χ4v) is 2.57. The van der Waals surface area contributed by atoms with E-state index in [0.717, 1.165) is 38.1 Å². The van der Waals surface area contributed by atoms with Gasteiger partial charge in [-0.05, 0) is 38.8 Å². The molecule has 0 amide bonds. The molecule has 0 radical (unpaired) electrons. The van der Waals surface area contributed by atoms with Crippen molar-refractivity contribution >= 4 is 0 Å². The van der Waals surface area contributed by atoms with E-state index in [2.05, 4.69) is 14.9 Å². The smallest absolute Gasteiger partial charge is 0.384 e. The number of rotatable bonds is 4. The van der Waals surface area contributed by atoms with Crippen LogP contribution in [0, 0.1) is 12.8 Å². The van der Waals surface area contributed by atoms with Crippen LogP contribution < -0.4 is 0 Å². The summed E-state index contributed by atoms with van der Waals surface area (Å²) in [7, 11) is 1.70. The van der Waals surface area contributed by atoms with Gasteiger partial charge in [0.1, 0.15) is 0 Å². The maximum absolute atomic E-state index is 12.5. The Morgan fingerprint density at radius 1 is 1.33 bits per heavy atom. The number of methoxy groups -OCH3 is 1. The molecule has 0 bridgehead atoms. The lowest BCUT2D eigenvalue weighted by atomic mass is 9.97. The predicted octanol–water partition coefficient (Wildman–Crippen LogP) is 2.66. The summed E-state index contributed by atoms with van der Waals surface area (Å²) in [4.78, 5) is 9.24. The van der Waals surface area contributed by atoms with Crippen molar-refractivity contribution in [3.8, 4) is 0 Å². The number of likely N-dealkylation sites (tertiary alicyclic amines) is 1. The number of aromatic nitrogens is 2. The first-order valence-corrected chi connectivity index (χ1v) is 7.01. The Balaban J connectivity index is 1.95. The minimum atomic E-state index is -4.48. The molecule has 0 unspecified atom stereocenters. The zero-order chi connectivity index (χ0) is 15.5. The second-order valence-corrected chi connectivity index (χ2v) is 5.48. The Kier molecular flexibility index (Phi) is 5.16. The molecule has 7 heteroatoms. The van der Waals surface area contributed by atoms with Crippen molar-refractivity contribution in [3.63, 3.8) is 0 Å². The van der Waals surface area contributed by atoms with Gasteiger partial charge in [0, 0.05) is 37.7 Å². The molecule has 1 fully saturated rings. The Labute approximate surface area is 122 Å². The van der Waals surface area contributed by atoms with Crippen LogP contribution in [0.2, 0.25) is 0 Å². The van der Waals surface area contributed by atoms with E-state index in [1.54, 1.807) is 14.0 Å². The minimum absolute atomic E-state index is 0.399. The van der Waals surface area contributed by atoms with Gasteiger partial charge in [-0.25, -0.2) is 9.97 Å². The summed E-state index contributed by atoms with van der Waals surface area (Å²) in [5.41, 5.74) is 1.16. The summed E-state index contributed by atoms with van der Waals surface area (Å²) in [6.45, 7) is 4.83. The molecule has 1 aliphatic heterocycles. The maximum atomic E-state index is 12.5. The van der Waals surface area contributed by atoms with E-state index in [0.29, 0.717) is 18.2 Å². The van der Waals surface area contributed by atoms with Crippen molar-refractivity contribution < 1.29 is 17.9 Å². The maximum Gasteiger partial charge on any atom is 0.451 e. The third-order valence-corrected chi connectivity index (χ3v) is 3.84. The first-order chi connectivity index (χ1) is 9.90. The van der Waals surface area contributed by atoms with Crippen LogP contribution in [0.3, 0.4) is 0 Å². The standard InChI is InChI=1S/C14H20F3N3O/c1-10-12(7-18-13(19-10)14(15,16)17)8-20-5-3-11(4-6-20)9-21-2/h7,11H,3-6,8-9H2,1-2H3. The summed E-state index contributed by atoms with van der Waals surface area (Å²) in [6.07, 6.45) is -1.09. The highest BCUT2D eigenvalue weighted by molar-refractivity contribution is 5.17. The van der Waals surface area contributed by atoms with E-state index in [1.807, 2.05) is 0 Å². The van der Waals surface area contributed by atoms with Crippen molar-refractivity contribution in [1.29, 1.82) is 0 Å². The molecule has 0 N–H and O–H groups in total. The van der Waals surface area contributed by atoms with Crippen molar-refractivity contribution in [2.24, 2.45) is 5.92 Å². The molecule has 0 aliphatic carbocycles. The second kappa shape index (κ2) is 6.70. The molecule has 1 saturated heterocycles. The molecule has 0 aromatic carbocycles. The molecule has 0 saturated carbocycles. The molecule has 4 nitrogen and oxygen atoms in total. The molecule has 21 heavy (non-hydrogen) atoms. The van der Waals surface area contributed by atoms with Gasteiger partial charge in [-0.1, -0.05) is 0 Å². The number of nitrogens with zero attached hydrogens (tertiary/aromatic N) is 3. The van der Waals surface area contributed by atoms with Gasteiger partial charge >= 0.3 is 6.18 Å². The molecule has 1 aromatic heterocycles. The monoisotopic (exact) mass is 303 g/mol. The fourth-order valence-electron chi connectivity index (χ4n) is 2.57. The summed E-state index contributed by atoms with van der Waals surface area (Å²) in [6, 6.07) is 0. The van der Waals surface area contributed by atoms with Gasteiger partial charge in [0.25, 0.3) is 0 Å². The van der Waals surface area contributed by atoms with Crippen LogP contribution in [0.15, 0.2) is 6.20 Å². The molecule has 0 atom stereocenters. The lowest BCUT2D eigenvalue weighted by molar-refractivity contribution is -0.145. The number of hydrogen-bond acceptors (Lipinski definition) is 4. The molecule has 2 rings (SSSR count). The van der Waals surface area contributed by atoms with E-state index in [4.69, 9.17) is 4.74 Å². The third-order valence-electron chi connectivity index (χ3n) is 3.84. The largest absolute Gasteiger partial charge is 0.451 e. The fraction of sp³-hybridized carbons (Fsp3) is 0.714. The van der Waals surface area contributed by atoms with Crippen LogP contribution in [-0.2, 0) is 17.5 Å². The Morgan fingerprint density at radius 3 is 2.52 bits per heavy atom. The summed E-state index contributed by atoms with van der Waals surface area (Å²) in [5, 5.41) is 0. The topological polar surface area (TPSA) is 38.2 Å². The molecule has 1 aliphatic rings. The van der Waals surface area contributed by atoms with Crippen LogP contribution >= 0.6 is 0 Å². The van der Waals surface area contributed by atoms with Gasteiger partial charge in [0.15, 0.2) is 0 Å². The molecule has 118 valence electrons. The second-order valence-electron chi connectivity index (χ2n) is 5.48. The number of alkyl halides is 3. The van der Waals surface area contributed by atoms with Crippen molar-refractivity contribution in [2.75, 3.05) is 26.8 Å². The van der Waals surface area contributed by atoms with Crippen LogP contribution in [0.5, 0.6) is 0 Å². The Bertz CT molecular complexity index is 471. The first kappa shape index (κ1) is 16.2. The quantitative estimate of drug-likeness (QED) is 0.857. The normalized spacial score (nSPS) is 18.1. The number of aryl methyl sites for hydroxylation is 1. The van der Waals surface area contributed by atoms with Crippen LogP contribution in [0.1, 0.15) is 29.9 Å². The third kappa shape index (κ3) is 4.38. The molecular formula is C14H20F3N3O. The van der Waals surface area contributed by atoms with E-state index in [-0.39, 0.29) is 0 Å².